The average molecular weight is 284 g/mol. The average Bonchev–Trinajstić information content (AvgIpc) is 2.26. The van der Waals surface area contributed by atoms with Crippen molar-refractivity contribution in [1.29, 1.82) is 0 Å². The molecule has 0 radical (unpaired) electrons. The Morgan fingerprint density at radius 3 is 2.68 bits per heavy atom. The molecule has 1 fully saturated rings. The lowest BCUT2D eigenvalue weighted by Gasteiger charge is -2.34. The van der Waals surface area contributed by atoms with Crippen molar-refractivity contribution in [2.45, 2.75) is 32.7 Å². The number of sulfone groups is 1. The van der Waals surface area contributed by atoms with Gasteiger partial charge in [0, 0.05) is 24.6 Å². The molecule has 19 heavy (non-hydrogen) atoms. The van der Waals surface area contributed by atoms with Gasteiger partial charge in [0.15, 0.2) is 9.84 Å². The smallest absolute Gasteiger partial charge is 0.154 e. The number of nitrogens with two attached hydrogens (primary N) is 1. The Labute approximate surface area is 114 Å². The second-order valence-electron chi connectivity index (χ2n) is 5.32. The van der Waals surface area contributed by atoms with Crippen LogP contribution in [-0.4, -0.2) is 42.5 Å². The highest BCUT2D eigenvalue weighted by Gasteiger charge is 2.29. The molecular formula is C12H20N4O2S. The molecule has 1 aliphatic rings. The highest BCUT2D eigenvalue weighted by Crippen LogP contribution is 2.23. The van der Waals surface area contributed by atoms with Gasteiger partial charge >= 0.3 is 0 Å². The molecule has 106 valence electrons. The van der Waals surface area contributed by atoms with Crippen molar-refractivity contribution in [3.63, 3.8) is 0 Å². The largest absolute Gasteiger partial charge is 0.384 e. The van der Waals surface area contributed by atoms with Crippen molar-refractivity contribution in [2.75, 3.05) is 28.7 Å². The predicted molar refractivity (Wildman–Crippen MR) is 76.0 cm³/mol. The van der Waals surface area contributed by atoms with E-state index in [9.17, 15) is 8.42 Å². The molecule has 2 heterocycles. The third-order valence-electron chi connectivity index (χ3n) is 3.23. The van der Waals surface area contributed by atoms with Gasteiger partial charge in [0.05, 0.1) is 11.5 Å². The minimum absolute atomic E-state index is 0.0898. The number of hydrogen-bond acceptors (Lipinski definition) is 6. The van der Waals surface area contributed by atoms with Crippen molar-refractivity contribution in [3.8, 4) is 0 Å². The van der Waals surface area contributed by atoms with E-state index in [-0.39, 0.29) is 23.5 Å². The Kier molecular flexibility index (Phi) is 3.66. The summed E-state index contributed by atoms with van der Waals surface area (Å²) >= 11 is 0. The number of nitrogen functional groups attached to an aromatic ring is 1. The molecule has 6 nitrogen and oxygen atoms in total. The SMILES string of the molecule is CC(C)c1nc(N)cc(N2CCS(=O)(=O)CC2C)n1. The zero-order valence-corrected chi connectivity index (χ0v) is 12.3. The van der Waals surface area contributed by atoms with E-state index in [4.69, 9.17) is 5.73 Å². The maximum absolute atomic E-state index is 11.6. The predicted octanol–water partition coefficient (Wildman–Crippen LogP) is 0.805. The van der Waals surface area contributed by atoms with Gasteiger partial charge in [-0.15, -0.1) is 0 Å². The van der Waals surface area contributed by atoms with Crippen LogP contribution in [0.1, 0.15) is 32.5 Å². The van der Waals surface area contributed by atoms with Gasteiger partial charge in [-0.25, -0.2) is 18.4 Å². The fourth-order valence-corrected chi connectivity index (χ4v) is 3.77. The summed E-state index contributed by atoms with van der Waals surface area (Å²) in [5.41, 5.74) is 5.81. The van der Waals surface area contributed by atoms with Crippen LogP contribution in [0.4, 0.5) is 11.6 Å². The summed E-state index contributed by atoms with van der Waals surface area (Å²) in [6, 6.07) is 1.62. The van der Waals surface area contributed by atoms with E-state index in [1.54, 1.807) is 6.07 Å². The van der Waals surface area contributed by atoms with E-state index >= 15 is 0 Å². The van der Waals surface area contributed by atoms with E-state index in [1.807, 2.05) is 25.7 Å². The summed E-state index contributed by atoms with van der Waals surface area (Å²) in [6.07, 6.45) is 0. The number of rotatable bonds is 2. The molecule has 0 spiro atoms. The molecule has 1 unspecified atom stereocenters. The minimum atomic E-state index is -2.93. The molecular weight excluding hydrogens is 264 g/mol. The molecule has 1 aliphatic heterocycles. The topological polar surface area (TPSA) is 89.2 Å². The fourth-order valence-electron chi connectivity index (χ4n) is 2.22. The Morgan fingerprint density at radius 1 is 1.42 bits per heavy atom. The van der Waals surface area contributed by atoms with Crippen LogP contribution < -0.4 is 10.6 Å². The van der Waals surface area contributed by atoms with Crippen molar-refractivity contribution in [2.24, 2.45) is 0 Å². The Bertz CT molecular complexity index is 571. The monoisotopic (exact) mass is 284 g/mol. The van der Waals surface area contributed by atoms with Gasteiger partial charge in [0.2, 0.25) is 0 Å². The van der Waals surface area contributed by atoms with Crippen LogP contribution in [0.2, 0.25) is 0 Å². The Hall–Kier alpha value is -1.37. The first-order valence-electron chi connectivity index (χ1n) is 6.40. The minimum Gasteiger partial charge on any atom is -0.384 e. The van der Waals surface area contributed by atoms with E-state index in [0.29, 0.717) is 18.2 Å². The summed E-state index contributed by atoms with van der Waals surface area (Å²) in [5, 5.41) is 0. The molecule has 2 N–H and O–H groups in total. The maximum atomic E-state index is 11.6. The zero-order chi connectivity index (χ0) is 14.2. The standard InChI is InChI=1S/C12H20N4O2S/c1-8(2)12-14-10(13)6-11(15-12)16-4-5-19(17,18)7-9(16)3/h6,8-9H,4-5,7H2,1-3H3,(H2,13,14,15). The van der Waals surface area contributed by atoms with Gasteiger partial charge in [0.25, 0.3) is 0 Å². The second kappa shape index (κ2) is 4.96. The Morgan fingerprint density at radius 2 is 2.11 bits per heavy atom. The van der Waals surface area contributed by atoms with Gasteiger partial charge in [-0.05, 0) is 6.92 Å². The quantitative estimate of drug-likeness (QED) is 0.864. The molecule has 0 bridgehead atoms. The molecule has 0 saturated carbocycles. The van der Waals surface area contributed by atoms with Gasteiger partial charge in [0.1, 0.15) is 17.5 Å². The molecule has 7 heteroatoms. The van der Waals surface area contributed by atoms with E-state index in [2.05, 4.69) is 9.97 Å². The number of nitrogens with zero attached hydrogens (tertiary/aromatic N) is 3. The van der Waals surface area contributed by atoms with Gasteiger partial charge < -0.3 is 10.6 Å². The highest BCUT2D eigenvalue weighted by molar-refractivity contribution is 7.91. The van der Waals surface area contributed by atoms with Crippen LogP contribution in [0.5, 0.6) is 0 Å². The Balaban J connectivity index is 2.32. The van der Waals surface area contributed by atoms with Crippen LogP contribution in [0, 0.1) is 0 Å². The summed E-state index contributed by atoms with van der Waals surface area (Å²) in [5.74, 6) is 2.35. The first-order chi connectivity index (χ1) is 8.78. The van der Waals surface area contributed by atoms with E-state index < -0.39 is 9.84 Å². The second-order valence-corrected chi connectivity index (χ2v) is 7.55. The van der Waals surface area contributed by atoms with Gasteiger partial charge in [-0.1, -0.05) is 13.8 Å². The first kappa shape index (κ1) is 14.0. The molecule has 1 aromatic rings. The number of anilines is 2. The van der Waals surface area contributed by atoms with Crippen molar-refractivity contribution >= 4 is 21.5 Å². The fraction of sp³-hybridized carbons (Fsp3) is 0.667. The third kappa shape index (κ3) is 3.15. The highest BCUT2D eigenvalue weighted by atomic mass is 32.2. The summed E-state index contributed by atoms with van der Waals surface area (Å²) in [4.78, 5) is 10.7. The normalized spacial score (nSPS) is 22.7. The summed E-state index contributed by atoms with van der Waals surface area (Å²) in [7, 11) is -2.93. The van der Waals surface area contributed by atoms with Crippen molar-refractivity contribution < 1.29 is 8.42 Å². The van der Waals surface area contributed by atoms with Crippen molar-refractivity contribution in [1.82, 2.24) is 9.97 Å². The first-order valence-corrected chi connectivity index (χ1v) is 8.22. The molecule has 0 aliphatic carbocycles. The lowest BCUT2D eigenvalue weighted by Crippen LogP contribution is -2.47. The molecule has 1 aromatic heterocycles. The molecule has 0 aromatic carbocycles. The number of aromatic nitrogens is 2. The van der Waals surface area contributed by atoms with Gasteiger partial charge in [-0.2, -0.15) is 0 Å². The lowest BCUT2D eigenvalue weighted by atomic mass is 10.2. The van der Waals surface area contributed by atoms with Crippen LogP contribution in [0.25, 0.3) is 0 Å². The molecule has 2 rings (SSSR count). The number of hydrogen-bond donors (Lipinski definition) is 1. The molecule has 0 amide bonds. The third-order valence-corrected chi connectivity index (χ3v) is 5.03. The van der Waals surface area contributed by atoms with Crippen LogP contribution >= 0.6 is 0 Å². The lowest BCUT2D eigenvalue weighted by molar-refractivity contribution is 0.566. The van der Waals surface area contributed by atoms with Crippen LogP contribution in [-0.2, 0) is 9.84 Å². The van der Waals surface area contributed by atoms with E-state index in [1.165, 1.54) is 0 Å². The molecule has 1 saturated heterocycles. The summed E-state index contributed by atoms with van der Waals surface area (Å²) < 4.78 is 23.2. The van der Waals surface area contributed by atoms with Gasteiger partial charge in [-0.3, -0.25) is 0 Å². The van der Waals surface area contributed by atoms with Crippen molar-refractivity contribution in [3.05, 3.63) is 11.9 Å². The van der Waals surface area contributed by atoms with E-state index in [0.717, 1.165) is 5.82 Å². The molecule has 1 atom stereocenters. The van der Waals surface area contributed by atoms with Crippen LogP contribution in [0.15, 0.2) is 6.07 Å². The van der Waals surface area contributed by atoms with Crippen LogP contribution in [0.3, 0.4) is 0 Å². The zero-order valence-electron chi connectivity index (χ0n) is 11.5. The summed E-state index contributed by atoms with van der Waals surface area (Å²) in [6.45, 7) is 6.35. The maximum Gasteiger partial charge on any atom is 0.154 e.